The van der Waals surface area contributed by atoms with E-state index in [9.17, 15) is 8.42 Å². The average molecular weight is 284 g/mol. The Morgan fingerprint density at radius 2 is 2.05 bits per heavy atom. The molecule has 2 bridgehead atoms. The highest BCUT2D eigenvalue weighted by atomic mass is 32.2. The van der Waals surface area contributed by atoms with E-state index in [2.05, 4.69) is 26.6 Å². The van der Waals surface area contributed by atoms with Gasteiger partial charge in [-0.15, -0.1) is 0 Å². The van der Waals surface area contributed by atoms with Crippen LogP contribution in [-0.4, -0.2) is 48.5 Å². The van der Waals surface area contributed by atoms with Gasteiger partial charge in [0.15, 0.2) is 5.03 Å². The number of rotatable bonds is 3. The summed E-state index contributed by atoms with van der Waals surface area (Å²) in [5.74, 6) is 0. The van der Waals surface area contributed by atoms with Crippen LogP contribution in [0.5, 0.6) is 0 Å². The Labute approximate surface area is 113 Å². The molecule has 0 aliphatic carbocycles. The fourth-order valence-electron chi connectivity index (χ4n) is 3.39. The number of imidazole rings is 1. The van der Waals surface area contributed by atoms with Gasteiger partial charge in [-0.05, 0) is 32.7 Å². The van der Waals surface area contributed by atoms with Crippen LogP contribution in [-0.2, 0) is 10.0 Å². The van der Waals surface area contributed by atoms with Crippen LogP contribution >= 0.6 is 0 Å². The molecule has 0 aromatic carbocycles. The largest absolute Gasteiger partial charge is 0.335 e. The van der Waals surface area contributed by atoms with Gasteiger partial charge in [-0.1, -0.05) is 6.42 Å². The van der Waals surface area contributed by atoms with Crippen LogP contribution < -0.4 is 4.72 Å². The van der Waals surface area contributed by atoms with Crippen LogP contribution in [0, 0.1) is 0 Å². The van der Waals surface area contributed by atoms with Crippen LogP contribution in [0.2, 0.25) is 0 Å². The molecule has 1 aromatic heterocycles. The highest BCUT2D eigenvalue weighted by Gasteiger charge is 2.37. The summed E-state index contributed by atoms with van der Waals surface area (Å²) in [4.78, 5) is 8.84. The zero-order valence-electron chi connectivity index (χ0n) is 11.0. The number of hydrogen-bond acceptors (Lipinski definition) is 4. The lowest BCUT2D eigenvalue weighted by atomic mass is 9.83. The monoisotopic (exact) mass is 284 g/mol. The van der Waals surface area contributed by atoms with Crippen molar-refractivity contribution in [3.8, 4) is 0 Å². The average Bonchev–Trinajstić information content (AvgIpc) is 2.84. The summed E-state index contributed by atoms with van der Waals surface area (Å²) >= 11 is 0. The van der Waals surface area contributed by atoms with Crippen molar-refractivity contribution < 1.29 is 8.42 Å². The Morgan fingerprint density at radius 3 is 2.63 bits per heavy atom. The number of aromatic nitrogens is 2. The molecule has 2 N–H and O–H groups in total. The van der Waals surface area contributed by atoms with Crippen molar-refractivity contribution in [1.82, 2.24) is 19.6 Å². The highest BCUT2D eigenvalue weighted by Crippen LogP contribution is 2.33. The third-order valence-corrected chi connectivity index (χ3v) is 5.87. The van der Waals surface area contributed by atoms with Gasteiger partial charge in [0.25, 0.3) is 10.0 Å². The summed E-state index contributed by atoms with van der Waals surface area (Å²) in [6, 6.07) is 1.07. The van der Waals surface area contributed by atoms with Crippen molar-refractivity contribution in [3.63, 3.8) is 0 Å². The molecule has 0 radical (unpaired) electrons. The first-order valence-corrected chi connectivity index (χ1v) is 8.27. The number of piperidine rings is 2. The third kappa shape index (κ3) is 2.54. The van der Waals surface area contributed by atoms with Crippen molar-refractivity contribution >= 4 is 10.0 Å². The highest BCUT2D eigenvalue weighted by molar-refractivity contribution is 7.89. The van der Waals surface area contributed by atoms with Crippen LogP contribution in [0.3, 0.4) is 0 Å². The summed E-state index contributed by atoms with van der Waals surface area (Å²) in [6.07, 6.45) is 8.15. The van der Waals surface area contributed by atoms with Crippen molar-refractivity contribution in [1.29, 1.82) is 0 Å². The molecule has 3 rings (SSSR count). The van der Waals surface area contributed by atoms with Crippen molar-refractivity contribution in [2.24, 2.45) is 0 Å². The van der Waals surface area contributed by atoms with Gasteiger partial charge in [0.1, 0.15) is 0 Å². The molecule has 2 aliphatic heterocycles. The predicted octanol–water partition coefficient (Wildman–Crippen LogP) is 0.703. The van der Waals surface area contributed by atoms with E-state index in [0.717, 1.165) is 12.8 Å². The van der Waals surface area contributed by atoms with E-state index in [0.29, 0.717) is 12.1 Å². The lowest BCUT2D eigenvalue weighted by Gasteiger charge is -2.47. The lowest BCUT2D eigenvalue weighted by Crippen LogP contribution is -2.55. The van der Waals surface area contributed by atoms with Crippen molar-refractivity contribution in [2.75, 3.05) is 7.05 Å². The molecule has 0 amide bonds. The molecule has 0 spiro atoms. The topological polar surface area (TPSA) is 78.1 Å². The molecule has 106 valence electrons. The smallest absolute Gasteiger partial charge is 0.257 e. The van der Waals surface area contributed by atoms with E-state index in [1.807, 2.05) is 0 Å². The van der Waals surface area contributed by atoms with Gasteiger partial charge < -0.3 is 9.88 Å². The molecule has 2 unspecified atom stereocenters. The fourth-order valence-corrected chi connectivity index (χ4v) is 4.55. The summed E-state index contributed by atoms with van der Waals surface area (Å²) in [5.41, 5.74) is 0. The van der Waals surface area contributed by atoms with Crippen LogP contribution in [0.1, 0.15) is 32.1 Å². The minimum Gasteiger partial charge on any atom is -0.335 e. The van der Waals surface area contributed by atoms with E-state index in [1.54, 1.807) is 0 Å². The maximum Gasteiger partial charge on any atom is 0.257 e. The minimum atomic E-state index is -3.45. The van der Waals surface area contributed by atoms with Gasteiger partial charge in [-0.2, -0.15) is 0 Å². The van der Waals surface area contributed by atoms with Crippen LogP contribution in [0.15, 0.2) is 17.6 Å². The summed E-state index contributed by atoms with van der Waals surface area (Å²) in [5, 5.41) is 0.150. The molecule has 1 aromatic rings. The molecule has 19 heavy (non-hydrogen) atoms. The first-order chi connectivity index (χ1) is 9.06. The van der Waals surface area contributed by atoms with E-state index in [-0.39, 0.29) is 11.1 Å². The van der Waals surface area contributed by atoms with Gasteiger partial charge >= 0.3 is 0 Å². The SMILES string of the molecule is CN1C2CCCC1CC(NS(=O)(=O)c1cnc[nH]1)C2. The standard InChI is InChI=1S/C12H20N4O2S/c1-16-10-3-2-4-11(16)6-9(5-10)15-19(17,18)12-7-13-8-14-12/h7-11,15H,2-6H2,1H3,(H,13,14). The number of sulfonamides is 1. The maximum atomic E-state index is 12.2. The van der Waals surface area contributed by atoms with Gasteiger partial charge in [0.2, 0.25) is 0 Å². The number of hydrogen-bond donors (Lipinski definition) is 2. The molecule has 2 aliphatic rings. The normalized spacial score (nSPS) is 32.4. The maximum absolute atomic E-state index is 12.2. The van der Waals surface area contributed by atoms with E-state index in [4.69, 9.17) is 0 Å². The first kappa shape index (κ1) is 13.1. The van der Waals surface area contributed by atoms with Crippen LogP contribution in [0.4, 0.5) is 0 Å². The Bertz CT molecular complexity index is 514. The van der Waals surface area contributed by atoms with E-state index in [1.165, 1.54) is 31.8 Å². The van der Waals surface area contributed by atoms with Gasteiger partial charge in [0.05, 0.1) is 12.5 Å². The molecule has 2 fully saturated rings. The zero-order chi connectivity index (χ0) is 13.5. The van der Waals surface area contributed by atoms with Gasteiger partial charge in [0, 0.05) is 18.1 Å². The van der Waals surface area contributed by atoms with Crippen molar-refractivity contribution in [2.45, 2.75) is 55.3 Å². The minimum absolute atomic E-state index is 0.0415. The first-order valence-electron chi connectivity index (χ1n) is 6.79. The number of fused-ring (bicyclic) bond motifs is 2. The van der Waals surface area contributed by atoms with Crippen molar-refractivity contribution in [3.05, 3.63) is 12.5 Å². The van der Waals surface area contributed by atoms with Gasteiger partial charge in [-0.25, -0.2) is 18.1 Å². The number of aromatic amines is 1. The Kier molecular flexibility index (Phi) is 3.36. The Hall–Kier alpha value is -0.920. The fraction of sp³-hybridized carbons (Fsp3) is 0.750. The summed E-state index contributed by atoms with van der Waals surface area (Å²) in [7, 11) is -1.29. The summed E-state index contributed by atoms with van der Waals surface area (Å²) < 4.78 is 27.2. The molecular weight excluding hydrogens is 264 g/mol. The number of nitrogens with one attached hydrogen (secondary N) is 2. The second-order valence-electron chi connectivity index (χ2n) is 5.61. The number of H-pyrrole nitrogens is 1. The molecule has 7 heteroatoms. The molecule has 2 atom stereocenters. The Morgan fingerprint density at radius 1 is 1.37 bits per heavy atom. The quantitative estimate of drug-likeness (QED) is 0.856. The molecular formula is C12H20N4O2S. The van der Waals surface area contributed by atoms with E-state index >= 15 is 0 Å². The van der Waals surface area contributed by atoms with Crippen LogP contribution in [0.25, 0.3) is 0 Å². The van der Waals surface area contributed by atoms with E-state index < -0.39 is 10.0 Å². The Balaban J connectivity index is 1.71. The van der Waals surface area contributed by atoms with Gasteiger partial charge in [-0.3, -0.25) is 0 Å². The second-order valence-corrected chi connectivity index (χ2v) is 7.29. The predicted molar refractivity (Wildman–Crippen MR) is 71.1 cm³/mol. The zero-order valence-corrected chi connectivity index (χ0v) is 11.9. The third-order valence-electron chi connectivity index (χ3n) is 4.42. The molecule has 0 saturated carbocycles. The molecule has 2 saturated heterocycles. The molecule has 6 nitrogen and oxygen atoms in total. The second kappa shape index (κ2) is 4.88. The molecule has 3 heterocycles. The number of nitrogens with zero attached hydrogens (tertiary/aromatic N) is 2. The summed E-state index contributed by atoms with van der Waals surface area (Å²) in [6.45, 7) is 0. The lowest BCUT2D eigenvalue weighted by molar-refractivity contribution is 0.0536.